The molecule has 1 saturated heterocycles. The summed E-state index contributed by atoms with van der Waals surface area (Å²) in [5.41, 5.74) is 0.394. The van der Waals surface area contributed by atoms with Gasteiger partial charge in [-0.15, -0.1) is 24.0 Å². The predicted molar refractivity (Wildman–Crippen MR) is 117 cm³/mol. The Kier molecular flexibility index (Phi) is 10.7. The standard InChI is InChI=1S/C16H28N6O4S.HI/c1-3-6-18-15(23)12-19-16(17-4-2)21-7-9-22(10-8-21)27(24,25)13-14-5-11-26-20-14;/h5,11H,3-4,6-10,12-13H2,1-2H3,(H,17,19)(H,18,23);1H. The second-order valence-electron chi connectivity index (χ2n) is 6.15. The van der Waals surface area contributed by atoms with E-state index in [1.165, 1.54) is 10.6 Å². The van der Waals surface area contributed by atoms with E-state index in [1.54, 1.807) is 6.07 Å². The Morgan fingerprint density at radius 3 is 2.54 bits per heavy atom. The molecule has 1 aromatic heterocycles. The molecule has 0 aromatic carbocycles. The van der Waals surface area contributed by atoms with Crippen LogP contribution in [0.3, 0.4) is 0 Å². The molecule has 1 fully saturated rings. The molecule has 1 amide bonds. The van der Waals surface area contributed by atoms with Crippen LogP contribution < -0.4 is 10.6 Å². The zero-order valence-electron chi connectivity index (χ0n) is 16.3. The maximum absolute atomic E-state index is 12.5. The number of nitrogens with one attached hydrogen (secondary N) is 2. The highest BCUT2D eigenvalue weighted by atomic mass is 127. The van der Waals surface area contributed by atoms with Crippen LogP contribution in [0.2, 0.25) is 0 Å². The zero-order valence-corrected chi connectivity index (χ0v) is 19.4. The zero-order chi connectivity index (χ0) is 19.7. The van der Waals surface area contributed by atoms with Crippen LogP contribution in [0.15, 0.2) is 21.8 Å². The number of halogens is 1. The van der Waals surface area contributed by atoms with Crippen molar-refractivity contribution < 1.29 is 17.7 Å². The van der Waals surface area contributed by atoms with Gasteiger partial charge in [-0.05, 0) is 13.3 Å². The highest BCUT2D eigenvalue weighted by Crippen LogP contribution is 2.12. The Labute approximate surface area is 183 Å². The molecule has 0 atom stereocenters. The molecule has 1 aliphatic heterocycles. The van der Waals surface area contributed by atoms with E-state index < -0.39 is 10.0 Å². The molecule has 0 spiro atoms. The smallest absolute Gasteiger partial charge is 0.241 e. The third-order valence-electron chi connectivity index (χ3n) is 4.03. The average molecular weight is 528 g/mol. The van der Waals surface area contributed by atoms with Crippen molar-refractivity contribution in [2.45, 2.75) is 26.0 Å². The van der Waals surface area contributed by atoms with Crippen molar-refractivity contribution in [3.05, 3.63) is 18.0 Å². The van der Waals surface area contributed by atoms with Crippen molar-refractivity contribution >= 4 is 45.9 Å². The number of aromatic nitrogens is 1. The monoisotopic (exact) mass is 528 g/mol. The van der Waals surface area contributed by atoms with Gasteiger partial charge in [0.1, 0.15) is 18.6 Å². The lowest BCUT2D eigenvalue weighted by Gasteiger charge is -2.35. The summed E-state index contributed by atoms with van der Waals surface area (Å²) in [7, 11) is -3.44. The number of sulfonamides is 1. The number of aliphatic imine (C=N–C) groups is 1. The van der Waals surface area contributed by atoms with Crippen molar-refractivity contribution in [2.24, 2.45) is 4.99 Å². The molecule has 1 aromatic rings. The van der Waals surface area contributed by atoms with E-state index in [2.05, 4.69) is 20.8 Å². The number of carbonyl (C=O) groups is 1. The molecular formula is C16H29IN6O4S. The van der Waals surface area contributed by atoms with Crippen LogP contribution >= 0.6 is 24.0 Å². The molecular weight excluding hydrogens is 499 g/mol. The van der Waals surface area contributed by atoms with Gasteiger partial charge in [0, 0.05) is 45.3 Å². The lowest BCUT2D eigenvalue weighted by Crippen LogP contribution is -2.54. The Balaban J connectivity index is 0.00000392. The third kappa shape index (κ3) is 7.54. The van der Waals surface area contributed by atoms with Crippen LogP contribution in [0.5, 0.6) is 0 Å². The summed E-state index contributed by atoms with van der Waals surface area (Å²) < 4.78 is 31.1. The van der Waals surface area contributed by atoms with Gasteiger partial charge in [0.15, 0.2) is 5.96 Å². The van der Waals surface area contributed by atoms with Gasteiger partial charge >= 0.3 is 0 Å². The first kappa shape index (κ1) is 24.6. The Morgan fingerprint density at radius 2 is 1.96 bits per heavy atom. The fourth-order valence-corrected chi connectivity index (χ4v) is 4.09. The van der Waals surface area contributed by atoms with Crippen LogP contribution in [-0.4, -0.2) is 80.5 Å². The van der Waals surface area contributed by atoms with E-state index in [-0.39, 0.29) is 42.2 Å². The SMILES string of the molecule is CCCNC(=O)CN=C(NCC)N1CCN(S(=O)(=O)Cc2ccon2)CC1.I. The van der Waals surface area contributed by atoms with Crippen LogP contribution in [-0.2, 0) is 20.6 Å². The molecule has 28 heavy (non-hydrogen) atoms. The van der Waals surface area contributed by atoms with Gasteiger partial charge in [-0.3, -0.25) is 4.79 Å². The topological polar surface area (TPSA) is 120 Å². The molecule has 0 saturated carbocycles. The minimum Gasteiger partial charge on any atom is -0.364 e. The molecule has 0 bridgehead atoms. The average Bonchev–Trinajstić information content (AvgIpc) is 3.15. The maximum atomic E-state index is 12.5. The molecule has 0 unspecified atom stereocenters. The van der Waals surface area contributed by atoms with Gasteiger partial charge in [-0.25, -0.2) is 13.4 Å². The highest BCUT2D eigenvalue weighted by molar-refractivity contribution is 14.0. The number of hydrogen-bond donors (Lipinski definition) is 2. The van der Waals surface area contributed by atoms with Gasteiger partial charge < -0.3 is 20.1 Å². The number of carbonyl (C=O) groups excluding carboxylic acids is 1. The predicted octanol–water partition coefficient (Wildman–Crippen LogP) is 0.232. The fourth-order valence-electron chi connectivity index (χ4n) is 2.66. The van der Waals surface area contributed by atoms with Crippen LogP contribution in [0.4, 0.5) is 0 Å². The summed E-state index contributed by atoms with van der Waals surface area (Å²) in [6.07, 6.45) is 2.24. The molecule has 2 N–H and O–H groups in total. The van der Waals surface area contributed by atoms with Crippen molar-refractivity contribution in [1.29, 1.82) is 0 Å². The Bertz CT molecular complexity index is 718. The summed E-state index contributed by atoms with van der Waals surface area (Å²) in [5, 5.41) is 9.61. The number of nitrogens with zero attached hydrogens (tertiary/aromatic N) is 4. The number of hydrogen-bond acceptors (Lipinski definition) is 6. The van der Waals surface area contributed by atoms with E-state index in [0.717, 1.165) is 6.42 Å². The van der Waals surface area contributed by atoms with E-state index in [4.69, 9.17) is 4.52 Å². The molecule has 1 aliphatic rings. The van der Waals surface area contributed by atoms with Gasteiger partial charge in [0.05, 0.1) is 5.69 Å². The normalized spacial score (nSPS) is 15.8. The lowest BCUT2D eigenvalue weighted by atomic mass is 10.4. The quantitative estimate of drug-likeness (QED) is 0.282. The largest absolute Gasteiger partial charge is 0.364 e. The highest BCUT2D eigenvalue weighted by Gasteiger charge is 2.29. The fraction of sp³-hybridized carbons (Fsp3) is 0.688. The first-order valence-corrected chi connectivity index (χ1v) is 10.7. The summed E-state index contributed by atoms with van der Waals surface area (Å²) >= 11 is 0. The molecule has 12 heteroatoms. The van der Waals surface area contributed by atoms with E-state index in [0.29, 0.717) is 50.9 Å². The van der Waals surface area contributed by atoms with E-state index >= 15 is 0 Å². The Morgan fingerprint density at radius 1 is 1.25 bits per heavy atom. The third-order valence-corrected chi connectivity index (χ3v) is 5.85. The minimum atomic E-state index is -3.44. The molecule has 2 heterocycles. The number of guanidine groups is 1. The van der Waals surface area contributed by atoms with Crippen LogP contribution in [0.25, 0.3) is 0 Å². The van der Waals surface area contributed by atoms with Gasteiger partial charge in [-0.2, -0.15) is 4.31 Å². The second kappa shape index (κ2) is 12.2. The number of rotatable bonds is 8. The Hall–Kier alpha value is -1.41. The second-order valence-corrected chi connectivity index (χ2v) is 8.12. The molecule has 0 radical (unpaired) electrons. The molecule has 0 aliphatic carbocycles. The van der Waals surface area contributed by atoms with E-state index in [1.807, 2.05) is 18.7 Å². The first-order valence-electron chi connectivity index (χ1n) is 9.13. The van der Waals surface area contributed by atoms with Crippen LogP contribution in [0, 0.1) is 0 Å². The number of piperazine rings is 1. The van der Waals surface area contributed by atoms with Crippen LogP contribution in [0.1, 0.15) is 26.0 Å². The molecule has 10 nitrogen and oxygen atoms in total. The van der Waals surface area contributed by atoms with Gasteiger partial charge in [-0.1, -0.05) is 12.1 Å². The minimum absolute atomic E-state index is 0. The lowest BCUT2D eigenvalue weighted by molar-refractivity contribution is -0.119. The van der Waals surface area contributed by atoms with E-state index in [9.17, 15) is 13.2 Å². The van der Waals surface area contributed by atoms with Crippen molar-refractivity contribution in [3.63, 3.8) is 0 Å². The van der Waals surface area contributed by atoms with Gasteiger partial charge in [0.25, 0.3) is 0 Å². The summed E-state index contributed by atoms with van der Waals surface area (Å²) in [5.74, 6) is 0.327. The molecule has 160 valence electrons. The summed E-state index contributed by atoms with van der Waals surface area (Å²) in [6, 6.07) is 1.55. The summed E-state index contributed by atoms with van der Waals surface area (Å²) in [4.78, 5) is 18.1. The first-order chi connectivity index (χ1) is 13.0. The summed E-state index contributed by atoms with van der Waals surface area (Å²) in [6.45, 7) is 7.00. The van der Waals surface area contributed by atoms with Crippen molar-refractivity contribution in [2.75, 3.05) is 45.8 Å². The van der Waals surface area contributed by atoms with Gasteiger partial charge in [0.2, 0.25) is 15.9 Å². The number of amides is 1. The maximum Gasteiger partial charge on any atom is 0.241 e. The van der Waals surface area contributed by atoms with Crippen molar-refractivity contribution in [1.82, 2.24) is 25.0 Å². The van der Waals surface area contributed by atoms with Crippen molar-refractivity contribution in [3.8, 4) is 0 Å². The molecule has 2 rings (SSSR count).